The summed E-state index contributed by atoms with van der Waals surface area (Å²) in [6.45, 7) is 7.37. The number of benzene rings is 1. The van der Waals surface area contributed by atoms with Crippen molar-refractivity contribution < 1.29 is 13.2 Å². The SMILES string of the molecule is CCCc1ccc(C(C)(C)C)c(C(F)(F)F)c1. The average molecular weight is 244 g/mol. The van der Waals surface area contributed by atoms with Crippen molar-refractivity contribution in [2.45, 2.75) is 52.1 Å². The van der Waals surface area contributed by atoms with Crippen LogP contribution in [0.3, 0.4) is 0 Å². The quantitative estimate of drug-likeness (QED) is 0.690. The van der Waals surface area contributed by atoms with Gasteiger partial charge in [-0.1, -0.05) is 46.2 Å². The fraction of sp³-hybridized carbons (Fsp3) is 0.571. The second kappa shape index (κ2) is 4.71. The Bertz CT molecular complexity index is 383. The van der Waals surface area contributed by atoms with Crippen LogP contribution in [0.5, 0.6) is 0 Å². The van der Waals surface area contributed by atoms with E-state index in [4.69, 9.17) is 0 Å². The third kappa shape index (κ3) is 3.48. The second-order valence-electron chi connectivity index (χ2n) is 5.38. The van der Waals surface area contributed by atoms with Crippen molar-refractivity contribution in [2.24, 2.45) is 0 Å². The zero-order chi connectivity index (χ0) is 13.3. The molecule has 96 valence electrons. The Morgan fingerprint density at radius 1 is 1.00 bits per heavy atom. The Kier molecular flexibility index (Phi) is 3.90. The van der Waals surface area contributed by atoms with E-state index in [1.54, 1.807) is 32.9 Å². The van der Waals surface area contributed by atoms with Gasteiger partial charge in [0.05, 0.1) is 5.56 Å². The molecule has 0 atom stereocenters. The molecule has 0 saturated heterocycles. The minimum atomic E-state index is -4.27. The molecule has 1 aromatic rings. The van der Waals surface area contributed by atoms with Crippen molar-refractivity contribution in [3.63, 3.8) is 0 Å². The molecule has 0 amide bonds. The molecule has 0 radical (unpaired) electrons. The first-order chi connectivity index (χ1) is 7.66. The molecule has 1 aromatic carbocycles. The van der Waals surface area contributed by atoms with Gasteiger partial charge in [-0.3, -0.25) is 0 Å². The lowest BCUT2D eigenvalue weighted by Gasteiger charge is -2.24. The van der Waals surface area contributed by atoms with Gasteiger partial charge in [0.1, 0.15) is 0 Å². The molecule has 3 heteroatoms. The van der Waals surface area contributed by atoms with Gasteiger partial charge >= 0.3 is 6.18 Å². The van der Waals surface area contributed by atoms with E-state index in [2.05, 4.69) is 0 Å². The van der Waals surface area contributed by atoms with Crippen LogP contribution < -0.4 is 0 Å². The molecular weight excluding hydrogens is 225 g/mol. The molecule has 1 rings (SSSR count). The van der Waals surface area contributed by atoms with Gasteiger partial charge in [-0.25, -0.2) is 0 Å². The van der Waals surface area contributed by atoms with Crippen LogP contribution in [0.4, 0.5) is 13.2 Å². The predicted molar refractivity (Wildman–Crippen MR) is 64.1 cm³/mol. The first kappa shape index (κ1) is 14.1. The molecular formula is C14H19F3. The highest BCUT2D eigenvalue weighted by atomic mass is 19.4. The molecule has 0 aliphatic heterocycles. The van der Waals surface area contributed by atoms with E-state index in [1.165, 1.54) is 6.07 Å². The minimum Gasteiger partial charge on any atom is -0.166 e. The summed E-state index contributed by atoms with van der Waals surface area (Å²) in [6.07, 6.45) is -2.73. The summed E-state index contributed by atoms with van der Waals surface area (Å²) in [5, 5.41) is 0. The second-order valence-corrected chi connectivity index (χ2v) is 5.38. The van der Waals surface area contributed by atoms with Gasteiger partial charge in [-0.15, -0.1) is 0 Å². The summed E-state index contributed by atoms with van der Waals surface area (Å²) in [6, 6.07) is 4.72. The van der Waals surface area contributed by atoms with Gasteiger partial charge in [0.15, 0.2) is 0 Å². The van der Waals surface area contributed by atoms with Crippen LogP contribution in [-0.4, -0.2) is 0 Å². The highest BCUT2D eigenvalue weighted by molar-refractivity contribution is 5.38. The Balaban J connectivity index is 3.33. The normalized spacial score (nSPS) is 12.9. The Hall–Kier alpha value is -0.990. The lowest BCUT2D eigenvalue weighted by molar-refractivity contribution is -0.138. The molecule has 0 unspecified atom stereocenters. The van der Waals surface area contributed by atoms with Crippen LogP contribution in [0.1, 0.15) is 50.8 Å². The maximum absolute atomic E-state index is 13.0. The maximum atomic E-state index is 13.0. The number of aryl methyl sites for hydroxylation is 1. The number of hydrogen-bond donors (Lipinski definition) is 0. The van der Waals surface area contributed by atoms with Crippen molar-refractivity contribution in [3.8, 4) is 0 Å². The minimum absolute atomic E-state index is 0.366. The smallest absolute Gasteiger partial charge is 0.166 e. The van der Waals surface area contributed by atoms with Crippen LogP contribution in [0.2, 0.25) is 0 Å². The van der Waals surface area contributed by atoms with E-state index < -0.39 is 17.2 Å². The van der Waals surface area contributed by atoms with E-state index in [9.17, 15) is 13.2 Å². The number of rotatable bonds is 2. The summed E-state index contributed by atoms with van der Waals surface area (Å²) in [5.74, 6) is 0. The largest absolute Gasteiger partial charge is 0.416 e. The third-order valence-electron chi connectivity index (χ3n) is 2.74. The molecule has 0 aliphatic carbocycles. The van der Waals surface area contributed by atoms with Gasteiger partial charge in [0.2, 0.25) is 0 Å². The van der Waals surface area contributed by atoms with Crippen molar-refractivity contribution in [2.75, 3.05) is 0 Å². The van der Waals surface area contributed by atoms with E-state index in [0.29, 0.717) is 12.0 Å². The van der Waals surface area contributed by atoms with Crippen molar-refractivity contribution in [1.82, 2.24) is 0 Å². The fourth-order valence-electron chi connectivity index (χ4n) is 1.92. The number of halogens is 3. The molecule has 0 nitrogen and oxygen atoms in total. The van der Waals surface area contributed by atoms with E-state index in [0.717, 1.165) is 12.0 Å². The number of hydrogen-bond acceptors (Lipinski definition) is 0. The zero-order valence-electron chi connectivity index (χ0n) is 10.8. The van der Waals surface area contributed by atoms with Gasteiger partial charge in [-0.2, -0.15) is 13.2 Å². The highest BCUT2D eigenvalue weighted by Crippen LogP contribution is 2.38. The molecule has 0 fully saturated rings. The summed E-state index contributed by atoms with van der Waals surface area (Å²) >= 11 is 0. The topological polar surface area (TPSA) is 0 Å². The lowest BCUT2D eigenvalue weighted by atomic mass is 9.82. The van der Waals surface area contributed by atoms with Gasteiger partial charge in [0, 0.05) is 0 Å². The Morgan fingerprint density at radius 2 is 1.59 bits per heavy atom. The predicted octanol–water partition coefficient (Wildman–Crippen LogP) is 4.96. The molecule has 0 spiro atoms. The summed E-state index contributed by atoms with van der Waals surface area (Å²) in [7, 11) is 0. The Labute approximate surface area is 101 Å². The highest BCUT2D eigenvalue weighted by Gasteiger charge is 2.36. The van der Waals surface area contributed by atoms with Crippen LogP contribution in [0.25, 0.3) is 0 Å². The van der Waals surface area contributed by atoms with Crippen LogP contribution in [0, 0.1) is 0 Å². The standard InChI is InChI=1S/C14H19F3/c1-5-6-10-7-8-11(13(2,3)4)12(9-10)14(15,16)17/h7-9H,5-6H2,1-4H3. The molecule has 0 heterocycles. The third-order valence-corrected chi connectivity index (χ3v) is 2.74. The van der Waals surface area contributed by atoms with Crippen molar-refractivity contribution in [3.05, 3.63) is 34.9 Å². The monoisotopic (exact) mass is 244 g/mol. The molecule has 17 heavy (non-hydrogen) atoms. The van der Waals surface area contributed by atoms with Crippen molar-refractivity contribution >= 4 is 0 Å². The van der Waals surface area contributed by atoms with E-state index in [1.807, 2.05) is 6.92 Å². The van der Waals surface area contributed by atoms with Gasteiger partial charge < -0.3 is 0 Å². The van der Waals surface area contributed by atoms with Crippen LogP contribution in [-0.2, 0) is 18.0 Å². The summed E-state index contributed by atoms with van der Waals surface area (Å²) in [5.41, 5.74) is 0.143. The first-order valence-electron chi connectivity index (χ1n) is 5.87. The average Bonchev–Trinajstić information content (AvgIpc) is 2.15. The van der Waals surface area contributed by atoms with Crippen molar-refractivity contribution in [1.29, 1.82) is 0 Å². The zero-order valence-corrected chi connectivity index (χ0v) is 10.8. The van der Waals surface area contributed by atoms with E-state index >= 15 is 0 Å². The molecule has 0 aromatic heterocycles. The van der Waals surface area contributed by atoms with Gasteiger partial charge in [-0.05, 0) is 29.0 Å². The molecule has 0 saturated carbocycles. The van der Waals surface area contributed by atoms with Crippen LogP contribution in [0.15, 0.2) is 18.2 Å². The maximum Gasteiger partial charge on any atom is 0.416 e. The summed E-state index contributed by atoms with van der Waals surface area (Å²) in [4.78, 5) is 0. The summed E-state index contributed by atoms with van der Waals surface area (Å²) < 4.78 is 39.0. The number of alkyl halides is 3. The Morgan fingerprint density at radius 3 is 2.00 bits per heavy atom. The molecule has 0 bridgehead atoms. The molecule has 0 N–H and O–H groups in total. The lowest BCUT2D eigenvalue weighted by Crippen LogP contribution is -2.19. The van der Waals surface area contributed by atoms with Crippen LogP contribution >= 0.6 is 0 Å². The van der Waals surface area contributed by atoms with E-state index in [-0.39, 0.29) is 0 Å². The fourth-order valence-corrected chi connectivity index (χ4v) is 1.92. The van der Waals surface area contributed by atoms with Gasteiger partial charge in [0.25, 0.3) is 0 Å². The first-order valence-corrected chi connectivity index (χ1v) is 5.87. The molecule has 0 aliphatic rings.